The number of likely N-dealkylation sites (tertiary alicyclic amines) is 2. The summed E-state index contributed by atoms with van der Waals surface area (Å²) in [4.78, 5) is 17.2. The third kappa shape index (κ3) is 3.32. The minimum absolute atomic E-state index is 0.00436. The van der Waals surface area contributed by atoms with Gasteiger partial charge in [-0.25, -0.2) is 0 Å². The van der Waals surface area contributed by atoms with E-state index in [0.29, 0.717) is 5.91 Å². The van der Waals surface area contributed by atoms with Gasteiger partial charge in [-0.05, 0) is 38.8 Å². The summed E-state index contributed by atoms with van der Waals surface area (Å²) < 4.78 is 0. The van der Waals surface area contributed by atoms with Crippen molar-refractivity contribution in [1.82, 2.24) is 20.4 Å². The Balaban J connectivity index is 1.46. The molecule has 1 amide bonds. The van der Waals surface area contributed by atoms with E-state index in [-0.39, 0.29) is 6.04 Å². The van der Waals surface area contributed by atoms with Gasteiger partial charge in [-0.2, -0.15) is 0 Å². The summed E-state index contributed by atoms with van der Waals surface area (Å²) >= 11 is 0. The first-order chi connectivity index (χ1) is 9.84. The van der Waals surface area contributed by atoms with E-state index in [9.17, 15) is 4.79 Å². The molecule has 3 saturated heterocycles. The van der Waals surface area contributed by atoms with E-state index >= 15 is 0 Å². The van der Waals surface area contributed by atoms with E-state index in [4.69, 9.17) is 0 Å². The van der Waals surface area contributed by atoms with Crippen molar-refractivity contribution in [2.45, 2.75) is 44.2 Å². The quantitative estimate of drug-likeness (QED) is 0.749. The first kappa shape index (κ1) is 14.3. The van der Waals surface area contributed by atoms with Crippen LogP contribution in [0.15, 0.2) is 0 Å². The number of carbonyl (C=O) groups is 1. The molecule has 0 saturated carbocycles. The van der Waals surface area contributed by atoms with E-state index < -0.39 is 0 Å². The van der Waals surface area contributed by atoms with Crippen LogP contribution in [0.2, 0.25) is 0 Å². The van der Waals surface area contributed by atoms with Crippen molar-refractivity contribution < 1.29 is 4.79 Å². The molecule has 0 aromatic heterocycles. The Bertz CT molecular complexity index is 316. The Labute approximate surface area is 122 Å². The van der Waals surface area contributed by atoms with Crippen molar-refractivity contribution in [3.8, 4) is 0 Å². The number of nitrogens with zero attached hydrogens (tertiary/aromatic N) is 2. The molecule has 0 aromatic carbocycles. The lowest BCUT2D eigenvalue weighted by Crippen LogP contribution is -2.58. The lowest BCUT2D eigenvalue weighted by molar-refractivity contribution is -0.135. The summed E-state index contributed by atoms with van der Waals surface area (Å²) in [6.45, 7) is 7.09. The van der Waals surface area contributed by atoms with Crippen LogP contribution in [0.1, 0.15) is 32.1 Å². The minimum Gasteiger partial charge on any atom is -0.341 e. The molecule has 3 heterocycles. The molecule has 3 aliphatic rings. The Morgan fingerprint density at radius 1 is 0.950 bits per heavy atom. The van der Waals surface area contributed by atoms with Crippen molar-refractivity contribution in [1.29, 1.82) is 0 Å². The van der Waals surface area contributed by atoms with Gasteiger partial charge in [-0.3, -0.25) is 4.79 Å². The number of hydrogen-bond acceptors (Lipinski definition) is 4. The number of rotatable bonds is 2. The SMILES string of the molecule is O=C(C1CNCCN1)N1CCC(N2CCCCC2)CC1. The topological polar surface area (TPSA) is 47.6 Å². The van der Waals surface area contributed by atoms with Gasteiger partial charge >= 0.3 is 0 Å². The molecule has 1 atom stereocenters. The lowest BCUT2D eigenvalue weighted by Gasteiger charge is -2.41. The number of nitrogens with one attached hydrogen (secondary N) is 2. The van der Waals surface area contributed by atoms with Crippen LogP contribution >= 0.6 is 0 Å². The number of hydrogen-bond donors (Lipinski definition) is 2. The van der Waals surface area contributed by atoms with E-state index in [1.165, 1.54) is 32.4 Å². The second kappa shape index (κ2) is 6.87. The van der Waals surface area contributed by atoms with Crippen LogP contribution in [0.5, 0.6) is 0 Å². The molecule has 0 spiro atoms. The van der Waals surface area contributed by atoms with Gasteiger partial charge in [0, 0.05) is 38.8 Å². The zero-order chi connectivity index (χ0) is 13.8. The van der Waals surface area contributed by atoms with Gasteiger partial charge in [0.15, 0.2) is 0 Å². The summed E-state index contributed by atoms with van der Waals surface area (Å²) in [5, 5.41) is 6.62. The second-order valence-corrected chi connectivity index (χ2v) is 6.36. The molecular weight excluding hydrogens is 252 g/mol. The van der Waals surface area contributed by atoms with Crippen molar-refractivity contribution in [3.05, 3.63) is 0 Å². The van der Waals surface area contributed by atoms with Crippen LogP contribution in [-0.2, 0) is 4.79 Å². The molecule has 5 heteroatoms. The zero-order valence-corrected chi connectivity index (χ0v) is 12.4. The minimum atomic E-state index is -0.00436. The fourth-order valence-corrected chi connectivity index (χ4v) is 3.78. The van der Waals surface area contributed by atoms with Crippen LogP contribution in [0.3, 0.4) is 0 Å². The number of piperazine rings is 1. The molecule has 114 valence electrons. The Morgan fingerprint density at radius 3 is 2.35 bits per heavy atom. The summed E-state index contributed by atoms with van der Waals surface area (Å²) in [5.74, 6) is 0.300. The molecule has 0 bridgehead atoms. The predicted molar refractivity (Wildman–Crippen MR) is 79.7 cm³/mol. The number of carbonyl (C=O) groups excluding carboxylic acids is 1. The highest BCUT2D eigenvalue weighted by molar-refractivity contribution is 5.82. The third-order valence-electron chi connectivity index (χ3n) is 5.02. The fourth-order valence-electron chi connectivity index (χ4n) is 3.78. The van der Waals surface area contributed by atoms with Crippen molar-refractivity contribution in [3.63, 3.8) is 0 Å². The second-order valence-electron chi connectivity index (χ2n) is 6.36. The van der Waals surface area contributed by atoms with E-state index in [2.05, 4.69) is 20.4 Å². The van der Waals surface area contributed by atoms with Gasteiger partial charge in [-0.15, -0.1) is 0 Å². The highest BCUT2D eigenvalue weighted by Crippen LogP contribution is 2.21. The highest BCUT2D eigenvalue weighted by Gasteiger charge is 2.31. The summed E-state index contributed by atoms with van der Waals surface area (Å²) in [7, 11) is 0. The van der Waals surface area contributed by atoms with Crippen molar-refractivity contribution in [2.24, 2.45) is 0 Å². The highest BCUT2D eigenvalue weighted by atomic mass is 16.2. The molecule has 3 rings (SSSR count). The van der Waals surface area contributed by atoms with Gasteiger partial charge in [0.05, 0.1) is 6.04 Å². The maximum atomic E-state index is 12.4. The average molecular weight is 280 g/mol. The number of amides is 1. The first-order valence-electron chi connectivity index (χ1n) is 8.31. The molecule has 3 fully saturated rings. The third-order valence-corrected chi connectivity index (χ3v) is 5.02. The molecule has 3 aliphatic heterocycles. The van der Waals surface area contributed by atoms with Crippen LogP contribution in [0.25, 0.3) is 0 Å². The van der Waals surface area contributed by atoms with E-state index in [0.717, 1.165) is 51.6 Å². The maximum Gasteiger partial charge on any atom is 0.241 e. The normalized spacial score (nSPS) is 30.4. The van der Waals surface area contributed by atoms with Crippen LogP contribution in [0.4, 0.5) is 0 Å². The lowest BCUT2D eigenvalue weighted by atomic mass is 9.99. The van der Waals surface area contributed by atoms with E-state index in [1.807, 2.05) is 0 Å². The van der Waals surface area contributed by atoms with Crippen LogP contribution in [-0.4, -0.2) is 73.6 Å². The average Bonchev–Trinajstić information content (AvgIpc) is 2.56. The van der Waals surface area contributed by atoms with Crippen molar-refractivity contribution in [2.75, 3.05) is 45.8 Å². The van der Waals surface area contributed by atoms with Crippen LogP contribution < -0.4 is 10.6 Å². The Morgan fingerprint density at radius 2 is 1.70 bits per heavy atom. The standard InChI is InChI=1S/C15H28N4O/c20-15(14-12-16-6-7-17-14)19-10-4-13(5-11-19)18-8-2-1-3-9-18/h13-14,16-17H,1-12H2. The van der Waals surface area contributed by atoms with Gasteiger partial charge in [0.1, 0.15) is 0 Å². The number of piperidine rings is 2. The van der Waals surface area contributed by atoms with Gasteiger partial charge in [-0.1, -0.05) is 6.42 Å². The van der Waals surface area contributed by atoms with Gasteiger partial charge < -0.3 is 20.4 Å². The molecule has 0 aliphatic carbocycles. The molecular formula is C15H28N4O. The summed E-state index contributed by atoms with van der Waals surface area (Å²) in [5.41, 5.74) is 0. The van der Waals surface area contributed by atoms with Crippen LogP contribution in [0, 0.1) is 0 Å². The molecule has 0 aromatic rings. The zero-order valence-electron chi connectivity index (χ0n) is 12.4. The first-order valence-corrected chi connectivity index (χ1v) is 8.31. The molecule has 20 heavy (non-hydrogen) atoms. The monoisotopic (exact) mass is 280 g/mol. The molecule has 5 nitrogen and oxygen atoms in total. The van der Waals surface area contributed by atoms with E-state index in [1.54, 1.807) is 0 Å². The Hall–Kier alpha value is -0.650. The molecule has 0 radical (unpaired) electrons. The summed E-state index contributed by atoms with van der Waals surface area (Å²) in [6, 6.07) is 0.715. The van der Waals surface area contributed by atoms with Gasteiger partial charge in [0.25, 0.3) is 0 Å². The molecule has 1 unspecified atom stereocenters. The maximum absolute atomic E-state index is 12.4. The molecule has 2 N–H and O–H groups in total. The fraction of sp³-hybridized carbons (Fsp3) is 0.933. The smallest absolute Gasteiger partial charge is 0.241 e. The van der Waals surface area contributed by atoms with Crippen molar-refractivity contribution >= 4 is 5.91 Å². The largest absolute Gasteiger partial charge is 0.341 e. The predicted octanol–water partition coefficient (Wildman–Crippen LogP) is 0.0247. The van der Waals surface area contributed by atoms with Gasteiger partial charge in [0.2, 0.25) is 5.91 Å². The summed E-state index contributed by atoms with van der Waals surface area (Å²) in [6.07, 6.45) is 6.43. The Kier molecular flexibility index (Phi) is 4.91.